The van der Waals surface area contributed by atoms with Crippen molar-refractivity contribution in [1.82, 2.24) is 19.6 Å². The van der Waals surface area contributed by atoms with Crippen molar-refractivity contribution in [3.8, 4) is 0 Å². The number of fused-ring (bicyclic) bond motifs is 1. The summed E-state index contributed by atoms with van der Waals surface area (Å²) in [6, 6.07) is 14.6. The molecule has 0 aliphatic carbocycles. The molecule has 0 saturated carbocycles. The molecule has 3 aliphatic heterocycles. The van der Waals surface area contributed by atoms with E-state index in [-0.39, 0.29) is 18.0 Å². The molecule has 0 bridgehead atoms. The molecule has 3 aliphatic rings. The number of hydrogen-bond acceptors (Lipinski definition) is 5. The molecule has 2 saturated heterocycles. The molecule has 5 rings (SSSR count). The van der Waals surface area contributed by atoms with Gasteiger partial charge < -0.3 is 29.7 Å². The van der Waals surface area contributed by atoms with Crippen LogP contribution in [0.25, 0.3) is 0 Å². The summed E-state index contributed by atoms with van der Waals surface area (Å²) < 4.78 is 6.02. The minimum atomic E-state index is -0.873. The second kappa shape index (κ2) is 13.2. The Morgan fingerprint density at radius 1 is 0.929 bits per heavy atom. The maximum Gasteiger partial charge on any atom is 0.410 e. The van der Waals surface area contributed by atoms with Crippen molar-refractivity contribution in [1.29, 1.82) is 0 Å². The molecule has 3 heterocycles. The Labute approximate surface area is 249 Å². The first-order valence-corrected chi connectivity index (χ1v) is 15.3. The predicted molar refractivity (Wildman–Crippen MR) is 164 cm³/mol. The molecule has 4 amide bonds. The van der Waals surface area contributed by atoms with Gasteiger partial charge in [-0.2, -0.15) is 0 Å². The molecule has 2 fully saturated rings. The molecule has 0 spiro atoms. The monoisotopic (exact) mass is 575 g/mol. The lowest BCUT2D eigenvalue weighted by molar-refractivity contribution is -0.142. The van der Waals surface area contributed by atoms with Gasteiger partial charge in [-0.25, -0.2) is 9.59 Å². The Balaban J connectivity index is 1.22. The van der Waals surface area contributed by atoms with Crippen LogP contribution in [0, 0.1) is 13.8 Å². The number of nitrogens with zero attached hydrogens (tertiary/aromatic N) is 4. The SMILES string of the molecule is Cc1cc(C)cc(CC(OC(=O)N2CCC(N3CCc4ccccc4NC3=O)CC2)C(=O)N2CCC(N(C)C)CC2)c1. The number of para-hydroxylation sites is 1. The molecule has 1 atom stereocenters. The Morgan fingerprint density at radius 3 is 2.24 bits per heavy atom. The summed E-state index contributed by atoms with van der Waals surface area (Å²) in [4.78, 5) is 47.9. The van der Waals surface area contributed by atoms with Gasteiger partial charge in [-0.05, 0) is 77.2 Å². The molecular weight excluding hydrogens is 530 g/mol. The predicted octanol–water partition coefficient (Wildman–Crippen LogP) is 4.46. The normalized spacial score (nSPS) is 19.3. The van der Waals surface area contributed by atoms with Crippen molar-refractivity contribution in [2.45, 2.75) is 70.6 Å². The van der Waals surface area contributed by atoms with E-state index in [0.717, 1.165) is 47.2 Å². The van der Waals surface area contributed by atoms with Gasteiger partial charge in [0, 0.05) is 56.9 Å². The van der Waals surface area contributed by atoms with Crippen LogP contribution in [0.4, 0.5) is 15.3 Å². The number of ether oxygens (including phenoxy) is 1. The van der Waals surface area contributed by atoms with Crippen molar-refractivity contribution in [2.24, 2.45) is 0 Å². The maximum absolute atomic E-state index is 13.8. The van der Waals surface area contributed by atoms with Gasteiger partial charge in [-0.3, -0.25) is 4.79 Å². The highest BCUT2D eigenvalue weighted by molar-refractivity contribution is 5.91. The van der Waals surface area contributed by atoms with Gasteiger partial charge in [-0.15, -0.1) is 0 Å². The lowest BCUT2D eigenvalue weighted by Gasteiger charge is -2.39. The lowest BCUT2D eigenvalue weighted by atomic mass is 10.00. The zero-order valence-electron chi connectivity index (χ0n) is 25.5. The third-order valence-electron chi connectivity index (χ3n) is 9.03. The van der Waals surface area contributed by atoms with Crippen molar-refractivity contribution in [2.75, 3.05) is 52.1 Å². The lowest BCUT2D eigenvalue weighted by Crippen LogP contribution is -2.52. The summed E-state index contributed by atoms with van der Waals surface area (Å²) in [7, 11) is 4.16. The van der Waals surface area contributed by atoms with Crippen LogP contribution >= 0.6 is 0 Å². The van der Waals surface area contributed by atoms with Crippen molar-refractivity contribution in [3.63, 3.8) is 0 Å². The van der Waals surface area contributed by atoms with E-state index >= 15 is 0 Å². The van der Waals surface area contributed by atoms with Crippen molar-refractivity contribution in [3.05, 3.63) is 64.7 Å². The molecule has 1 unspecified atom stereocenters. The fraction of sp³-hybridized carbons (Fsp3) is 0.545. The summed E-state index contributed by atoms with van der Waals surface area (Å²) in [5.74, 6) is -0.115. The highest BCUT2D eigenvalue weighted by Gasteiger charge is 2.35. The van der Waals surface area contributed by atoms with E-state index in [1.54, 1.807) is 4.90 Å². The molecule has 42 heavy (non-hydrogen) atoms. The Hall–Kier alpha value is -3.59. The first-order chi connectivity index (χ1) is 20.2. The summed E-state index contributed by atoms with van der Waals surface area (Å²) in [5, 5.41) is 3.05. The number of carbonyl (C=O) groups is 3. The Bertz CT molecular complexity index is 1260. The van der Waals surface area contributed by atoms with Crippen LogP contribution in [0.3, 0.4) is 0 Å². The van der Waals surface area contributed by atoms with Gasteiger partial charge >= 0.3 is 12.1 Å². The van der Waals surface area contributed by atoms with E-state index in [4.69, 9.17) is 4.74 Å². The van der Waals surface area contributed by atoms with Crippen LogP contribution in [0.2, 0.25) is 0 Å². The van der Waals surface area contributed by atoms with Gasteiger partial charge in [0.05, 0.1) is 0 Å². The largest absolute Gasteiger partial charge is 0.436 e. The number of urea groups is 1. The highest BCUT2D eigenvalue weighted by atomic mass is 16.6. The fourth-order valence-electron chi connectivity index (χ4n) is 6.68. The first-order valence-electron chi connectivity index (χ1n) is 15.3. The van der Waals surface area contributed by atoms with E-state index in [0.29, 0.717) is 58.0 Å². The van der Waals surface area contributed by atoms with Gasteiger partial charge in [0.1, 0.15) is 0 Å². The summed E-state index contributed by atoms with van der Waals surface area (Å²) in [5.41, 5.74) is 5.25. The standard InChI is InChI=1S/C33H45N5O4/c1-23-19-24(2)21-25(20-23)22-30(31(39)36-14-10-27(11-15-36)35(3)4)42-33(41)37-16-12-28(13-17-37)38-18-9-26-7-5-6-8-29(26)34-32(38)40/h5-8,19-21,27-28,30H,9-18,22H2,1-4H3,(H,34,40). The van der Waals surface area contributed by atoms with Crippen LogP contribution in [0.1, 0.15) is 47.9 Å². The van der Waals surface area contributed by atoms with E-state index in [9.17, 15) is 14.4 Å². The van der Waals surface area contributed by atoms with Gasteiger partial charge in [0.2, 0.25) is 0 Å². The van der Waals surface area contributed by atoms with E-state index in [1.807, 2.05) is 41.8 Å². The average molecular weight is 576 g/mol. The number of anilines is 1. The van der Waals surface area contributed by atoms with Gasteiger partial charge in [0.25, 0.3) is 5.91 Å². The molecule has 226 valence electrons. The Kier molecular flexibility index (Phi) is 9.36. The first kappa shape index (κ1) is 29.9. The maximum atomic E-state index is 13.8. The number of rotatable bonds is 6. The fourth-order valence-corrected chi connectivity index (χ4v) is 6.68. The summed E-state index contributed by atoms with van der Waals surface area (Å²) in [6.07, 6.45) is 2.99. The average Bonchev–Trinajstić information content (AvgIpc) is 3.14. The van der Waals surface area contributed by atoms with E-state index in [2.05, 4.69) is 48.6 Å². The van der Waals surface area contributed by atoms with Crippen LogP contribution < -0.4 is 5.32 Å². The van der Waals surface area contributed by atoms with Crippen LogP contribution in [0.15, 0.2) is 42.5 Å². The number of nitrogens with one attached hydrogen (secondary N) is 1. The second-order valence-electron chi connectivity index (χ2n) is 12.3. The number of hydrogen-bond donors (Lipinski definition) is 1. The number of piperidine rings is 2. The van der Waals surface area contributed by atoms with Crippen molar-refractivity contribution < 1.29 is 19.1 Å². The third kappa shape index (κ3) is 7.06. The van der Waals surface area contributed by atoms with Crippen molar-refractivity contribution >= 4 is 23.7 Å². The molecular formula is C33H45N5O4. The second-order valence-corrected chi connectivity index (χ2v) is 12.3. The molecule has 0 aromatic heterocycles. The topological polar surface area (TPSA) is 85.4 Å². The smallest absolute Gasteiger partial charge is 0.410 e. The zero-order chi connectivity index (χ0) is 29.8. The van der Waals surface area contributed by atoms with Gasteiger partial charge in [0.15, 0.2) is 6.10 Å². The Morgan fingerprint density at radius 2 is 1.57 bits per heavy atom. The minimum absolute atomic E-state index is 0.0500. The number of likely N-dealkylation sites (tertiary alicyclic amines) is 2. The molecule has 2 aromatic rings. The summed E-state index contributed by atoms with van der Waals surface area (Å²) >= 11 is 0. The molecule has 9 nitrogen and oxygen atoms in total. The minimum Gasteiger partial charge on any atom is -0.436 e. The van der Waals surface area contributed by atoms with Crippen LogP contribution in [0.5, 0.6) is 0 Å². The van der Waals surface area contributed by atoms with Crippen LogP contribution in [-0.2, 0) is 22.4 Å². The number of carbonyl (C=O) groups excluding carboxylic acids is 3. The van der Waals surface area contributed by atoms with Gasteiger partial charge in [-0.1, -0.05) is 47.5 Å². The zero-order valence-corrected chi connectivity index (χ0v) is 25.5. The number of amides is 4. The molecule has 1 N–H and O–H groups in total. The number of aryl methyl sites for hydroxylation is 2. The van der Waals surface area contributed by atoms with Crippen LogP contribution in [-0.4, -0.2) is 103 Å². The highest BCUT2D eigenvalue weighted by Crippen LogP contribution is 2.25. The summed E-state index contributed by atoms with van der Waals surface area (Å²) in [6.45, 7) is 7.02. The molecule has 9 heteroatoms. The number of benzene rings is 2. The molecule has 2 aromatic carbocycles. The van der Waals surface area contributed by atoms with E-state index < -0.39 is 12.2 Å². The third-order valence-corrected chi connectivity index (χ3v) is 9.03. The van der Waals surface area contributed by atoms with E-state index in [1.165, 1.54) is 0 Å². The molecule has 0 radical (unpaired) electrons. The quantitative estimate of drug-likeness (QED) is 0.550.